The van der Waals surface area contributed by atoms with Crippen molar-refractivity contribution in [3.05, 3.63) is 34.9 Å². The molecular weight excluding hydrogens is 248 g/mol. The van der Waals surface area contributed by atoms with Crippen LogP contribution in [-0.2, 0) is 11.2 Å². The van der Waals surface area contributed by atoms with Crippen molar-refractivity contribution in [1.29, 1.82) is 0 Å². The molecule has 1 amide bonds. The number of halogens is 1. The van der Waals surface area contributed by atoms with Gasteiger partial charge in [0.25, 0.3) is 0 Å². The fourth-order valence-corrected chi connectivity index (χ4v) is 1.89. The van der Waals surface area contributed by atoms with Gasteiger partial charge < -0.3 is 10.6 Å². The molecule has 0 bridgehead atoms. The lowest BCUT2D eigenvalue weighted by molar-refractivity contribution is -0.120. The first-order valence-corrected chi connectivity index (χ1v) is 6.10. The lowest BCUT2D eigenvalue weighted by Crippen LogP contribution is -2.28. The molecule has 18 heavy (non-hydrogen) atoms. The SMILES string of the molecule is CNCCC(=O)NCCc1cc(C)cc(C)c1.Cl. The van der Waals surface area contributed by atoms with Crippen molar-refractivity contribution in [3.8, 4) is 0 Å². The highest BCUT2D eigenvalue weighted by molar-refractivity contribution is 5.85. The monoisotopic (exact) mass is 270 g/mol. The molecule has 102 valence electrons. The smallest absolute Gasteiger partial charge is 0.221 e. The van der Waals surface area contributed by atoms with Crippen LogP contribution in [0.5, 0.6) is 0 Å². The van der Waals surface area contributed by atoms with Crippen molar-refractivity contribution in [2.75, 3.05) is 20.1 Å². The molecule has 0 aromatic heterocycles. The van der Waals surface area contributed by atoms with Crippen molar-refractivity contribution in [1.82, 2.24) is 10.6 Å². The van der Waals surface area contributed by atoms with Crippen LogP contribution in [0.1, 0.15) is 23.1 Å². The lowest BCUT2D eigenvalue weighted by atomic mass is 10.1. The Morgan fingerprint density at radius 2 is 1.72 bits per heavy atom. The van der Waals surface area contributed by atoms with E-state index in [1.54, 1.807) is 0 Å². The zero-order valence-electron chi connectivity index (χ0n) is 11.4. The number of benzene rings is 1. The van der Waals surface area contributed by atoms with Gasteiger partial charge in [0.05, 0.1) is 0 Å². The quantitative estimate of drug-likeness (QED) is 0.830. The van der Waals surface area contributed by atoms with Gasteiger partial charge in [0.2, 0.25) is 5.91 Å². The third kappa shape index (κ3) is 6.62. The van der Waals surface area contributed by atoms with Crippen molar-refractivity contribution in [2.45, 2.75) is 26.7 Å². The van der Waals surface area contributed by atoms with Gasteiger partial charge in [-0.15, -0.1) is 12.4 Å². The Balaban J connectivity index is 0.00000289. The summed E-state index contributed by atoms with van der Waals surface area (Å²) in [5.41, 5.74) is 3.85. The van der Waals surface area contributed by atoms with E-state index in [1.165, 1.54) is 16.7 Å². The summed E-state index contributed by atoms with van der Waals surface area (Å²) < 4.78 is 0. The summed E-state index contributed by atoms with van der Waals surface area (Å²) in [6, 6.07) is 6.51. The molecule has 0 atom stereocenters. The zero-order chi connectivity index (χ0) is 12.7. The van der Waals surface area contributed by atoms with Gasteiger partial charge in [-0.2, -0.15) is 0 Å². The highest BCUT2D eigenvalue weighted by Gasteiger charge is 2.00. The van der Waals surface area contributed by atoms with E-state index >= 15 is 0 Å². The Kier molecular flexibility index (Phi) is 8.42. The maximum atomic E-state index is 11.4. The number of hydrogen-bond donors (Lipinski definition) is 2. The molecule has 0 unspecified atom stereocenters. The molecule has 0 spiro atoms. The summed E-state index contributed by atoms with van der Waals surface area (Å²) in [5, 5.41) is 5.89. The molecule has 0 saturated carbocycles. The highest BCUT2D eigenvalue weighted by Crippen LogP contribution is 2.08. The maximum absolute atomic E-state index is 11.4. The number of aryl methyl sites for hydroxylation is 2. The predicted octanol–water partition coefficient (Wildman–Crippen LogP) is 1.99. The van der Waals surface area contributed by atoms with E-state index in [2.05, 4.69) is 42.7 Å². The van der Waals surface area contributed by atoms with Gasteiger partial charge in [0.1, 0.15) is 0 Å². The number of hydrogen-bond acceptors (Lipinski definition) is 2. The van der Waals surface area contributed by atoms with Crippen LogP contribution in [0.4, 0.5) is 0 Å². The summed E-state index contributed by atoms with van der Waals surface area (Å²) in [7, 11) is 1.85. The van der Waals surface area contributed by atoms with Gasteiger partial charge in [-0.05, 0) is 32.9 Å². The van der Waals surface area contributed by atoms with Crippen LogP contribution in [0.15, 0.2) is 18.2 Å². The van der Waals surface area contributed by atoms with E-state index in [4.69, 9.17) is 0 Å². The van der Waals surface area contributed by atoms with E-state index in [-0.39, 0.29) is 18.3 Å². The zero-order valence-corrected chi connectivity index (χ0v) is 12.2. The molecule has 0 heterocycles. The molecule has 0 aliphatic carbocycles. The molecule has 0 radical (unpaired) electrons. The van der Waals surface area contributed by atoms with Crippen LogP contribution in [0.2, 0.25) is 0 Å². The molecule has 3 nitrogen and oxygen atoms in total. The fraction of sp³-hybridized carbons (Fsp3) is 0.500. The number of nitrogens with one attached hydrogen (secondary N) is 2. The van der Waals surface area contributed by atoms with Crippen molar-refractivity contribution >= 4 is 18.3 Å². The molecule has 0 fully saturated rings. The molecule has 1 aromatic rings. The van der Waals surface area contributed by atoms with E-state index in [0.717, 1.165) is 13.0 Å². The van der Waals surface area contributed by atoms with Crippen LogP contribution in [0.3, 0.4) is 0 Å². The Labute approximate surface area is 116 Å². The largest absolute Gasteiger partial charge is 0.356 e. The molecule has 0 saturated heterocycles. The first-order chi connectivity index (χ1) is 8.11. The molecule has 2 N–H and O–H groups in total. The van der Waals surface area contributed by atoms with Crippen LogP contribution >= 0.6 is 12.4 Å². The summed E-state index contributed by atoms with van der Waals surface area (Å²) in [6.45, 7) is 5.64. The van der Waals surface area contributed by atoms with Gasteiger partial charge >= 0.3 is 0 Å². The predicted molar refractivity (Wildman–Crippen MR) is 78.4 cm³/mol. The average Bonchev–Trinajstić information content (AvgIpc) is 2.25. The minimum atomic E-state index is 0. The number of carbonyl (C=O) groups is 1. The molecule has 1 aromatic carbocycles. The summed E-state index contributed by atoms with van der Waals surface area (Å²) in [5.74, 6) is 0.115. The number of amides is 1. The van der Waals surface area contributed by atoms with Crippen LogP contribution < -0.4 is 10.6 Å². The van der Waals surface area contributed by atoms with Gasteiger partial charge in [-0.1, -0.05) is 29.3 Å². The highest BCUT2D eigenvalue weighted by atomic mass is 35.5. The second-order valence-corrected chi connectivity index (χ2v) is 4.45. The van der Waals surface area contributed by atoms with Crippen LogP contribution in [-0.4, -0.2) is 26.0 Å². The van der Waals surface area contributed by atoms with Gasteiger partial charge in [0.15, 0.2) is 0 Å². The van der Waals surface area contributed by atoms with Crippen LogP contribution in [0.25, 0.3) is 0 Å². The molecule has 0 aliphatic heterocycles. The normalized spacial score (nSPS) is 9.72. The molecule has 0 aliphatic rings. The first-order valence-electron chi connectivity index (χ1n) is 6.10. The summed E-state index contributed by atoms with van der Waals surface area (Å²) >= 11 is 0. The van der Waals surface area contributed by atoms with Crippen molar-refractivity contribution in [3.63, 3.8) is 0 Å². The second kappa shape index (κ2) is 8.95. The Hall–Kier alpha value is -1.06. The van der Waals surface area contributed by atoms with Crippen molar-refractivity contribution in [2.24, 2.45) is 0 Å². The third-order valence-electron chi connectivity index (χ3n) is 2.62. The van der Waals surface area contributed by atoms with E-state index < -0.39 is 0 Å². The number of rotatable bonds is 6. The summed E-state index contributed by atoms with van der Waals surface area (Å²) in [4.78, 5) is 11.4. The summed E-state index contributed by atoms with van der Waals surface area (Å²) in [6.07, 6.45) is 1.44. The van der Waals surface area contributed by atoms with Gasteiger partial charge in [-0.25, -0.2) is 0 Å². The van der Waals surface area contributed by atoms with Gasteiger partial charge in [-0.3, -0.25) is 4.79 Å². The topological polar surface area (TPSA) is 41.1 Å². The fourth-order valence-electron chi connectivity index (χ4n) is 1.89. The minimum absolute atomic E-state index is 0. The maximum Gasteiger partial charge on any atom is 0.221 e. The Morgan fingerprint density at radius 3 is 2.28 bits per heavy atom. The molecule has 4 heteroatoms. The number of carbonyl (C=O) groups excluding carboxylic acids is 1. The third-order valence-corrected chi connectivity index (χ3v) is 2.62. The molecular formula is C14H23ClN2O. The van der Waals surface area contributed by atoms with Crippen molar-refractivity contribution < 1.29 is 4.79 Å². The standard InChI is InChI=1S/C14H22N2O.ClH/c1-11-8-12(2)10-13(9-11)4-7-16-14(17)5-6-15-3;/h8-10,15H,4-7H2,1-3H3,(H,16,17);1H. The van der Waals surface area contributed by atoms with E-state index in [1.807, 2.05) is 7.05 Å². The Bertz CT molecular complexity index is 360. The van der Waals surface area contributed by atoms with Gasteiger partial charge in [0, 0.05) is 19.5 Å². The van der Waals surface area contributed by atoms with Crippen LogP contribution in [0, 0.1) is 13.8 Å². The average molecular weight is 271 g/mol. The van der Waals surface area contributed by atoms with E-state index in [0.29, 0.717) is 13.0 Å². The lowest BCUT2D eigenvalue weighted by Gasteiger charge is -2.07. The first kappa shape index (κ1) is 16.9. The Morgan fingerprint density at radius 1 is 1.11 bits per heavy atom. The minimum Gasteiger partial charge on any atom is -0.356 e. The molecule has 1 rings (SSSR count). The van der Waals surface area contributed by atoms with E-state index in [9.17, 15) is 4.79 Å². The second-order valence-electron chi connectivity index (χ2n) is 4.45.